The van der Waals surface area contributed by atoms with Crippen LogP contribution in [0.5, 0.6) is 5.75 Å². The summed E-state index contributed by atoms with van der Waals surface area (Å²) in [6.07, 6.45) is 0. The fraction of sp³-hybridized carbons (Fsp3) is 0.360. The first-order valence-corrected chi connectivity index (χ1v) is 13.8. The van der Waals surface area contributed by atoms with Crippen molar-refractivity contribution in [2.24, 2.45) is 10.9 Å². The highest BCUT2D eigenvalue weighted by molar-refractivity contribution is 7.89. The summed E-state index contributed by atoms with van der Waals surface area (Å²) >= 11 is 0. The van der Waals surface area contributed by atoms with Gasteiger partial charge in [-0.05, 0) is 55.5 Å². The van der Waals surface area contributed by atoms with Crippen molar-refractivity contribution in [2.75, 3.05) is 51.3 Å². The van der Waals surface area contributed by atoms with Gasteiger partial charge in [-0.1, -0.05) is 5.16 Å². The number of ether oxygens (including phenoxy) is 2. The molecule has 1 heterocycles. The van der Waals surface area contributed by atoms with Gasteiger partial charge >= 0.3 is 5.97 Å². The molecule has 0 saturated carbocycles. The highest BCUT2D eigenvalue weighted by Crippen LogP contribution is 2.18. The van der Waals surface area contributed by atoms with Crippen molar-refractivity contribution in [2.45, 2.75) is 17.9 Å². The molecular weight excluding hydrogens is 544 g/mol. The predicted octanol–water partition coefficient (Wildman–Crippen LogP) is -0.535. The van der Waals surface area contributed by atoms with Crippen LogP contribution in [0.25, 0.3) is 0 Å². The first kappa shape index (κ1) is 30.2. The van der Waals surface area contributed by atoms with Crippen LogP contribution in [0.15, 0.2) is 58.6 Å². The van der Waals surface area contributed by atoms with Crippen LogP contribution in [0.1, 0.15) is 12.5 Å². The minimum absolute atomic E-state index is 0.0114. The number of carbonyl (C=O) groups excluding carboxylic acids is 3. The molecule has 1 saturated heterocycles. The minimum Gasteiger partial charge on any atom is -0.497 e. The Morgan fingerprint density at radius 2 is 1.80 bits per heavy atom. The molecule has 1 fully saturated rings. The van der Waals surface area contributed by atoms with E-state index < -0.39 is 27.9 Å². The topological polar surface area (TPSA) is 193 Å². The quantitative estimate of drug-likeness (QED) is 0.0839. The number of hydrogen-bond donors (Lipinski definition) is 4. The van der Waals surface area contributed by atoms with Gasteiger partial charge in [-0.3, -0.25) is 14.4 Å². The molecule has 0 aromatic heterocycles. The molecule has 1 aliphatic heterocycles. The maximum absolute atomic E-state index is 12.8. The number of nitrogens with two attached hydrogens (primary N) is 1. The van der Waals surface area contributed by atoms with Crippen molar-refractivity contribution in [1.29, 1.82) is 0 Å². The number of piperazine rings is 1. The number of oxime groups is 1. The molecule has 2 aromatic carbocycles. The smallest absolute Gasteiger partial charge is 0.326 e. The largest absolute Gasteiger partial charge is 0.497 e. The predicted molar refractivity (Wildman–Crippen MR) is 144 cm³/mol. The number of benzene rings is 2. The second-order valence-electron chi connectivity index (χ2n) is 8.67. The number of hydrogen-bond acceptors (Lipinski definition) is 10. The standard InChI is InChI=1S/C25H32N6O8S/c1-3-39-25(34)21(29-40(36,37)20-10-8-19(38-2)9-11-20)14-27-22(32)15-31-13-12-30(16-23(31)33)18-6-4-17(5-7-18)24(26)28-35/h4-11,21,29,35H,3,12-16H2,1-2H3,(H2,26,28)(H,27,32)/t21-/m0/s1. The average Bonchev–Trinajstić information content (AvgIpc) is 2.96. The lowest BCUT2D eigenvalue weighted by Crippen LogP contribution is -2.54. The first-order valence-electron chi connectivity index (χ1n) is 12.3. The Morgan fingerprint density at radius 1 is 1.12 bits per heavy atom. The molecular formula is C25H32N6O8S. The van der Waals surface area contributed by atoms with Crippen molar-refractivity contribution >= 4 is 39.3 Å². The van der Waals surface area contributed by atoms with E-state index in [9.17, 15) is 22.8 Å². The Labute approximate surface area is 231 Å². The third-order valence-electron chi connectivity index (χ3n) is 6.03. The molecule has 216 valence electrons. The highest BCUT2D eigenvalue weighted by atomic mass is 32.2. The summed E-state index contributed by atoms with van der Waals surface area (Å²) in [4.78, 5) is 40.9. The third kappa shape index (κ3) is 7.83. The summed E-state index contributed by atoms with van der Waals surface area (Å²) in [5.41, 5.74) is 6.86. The Morgan fingerprint density at radius 3 is 2.38 bits per heavy atom. The van der Waals surface area contributed by atoms with Gasteiger partial charge in [0.15, 0.2) is 5.84 Å². The van der Waals surface area contributed by atoms with E-state index in [0.717, 1.165) is 5.69 Å². The molecule has 5 N–H and O–H groups in total. The lowest BCUT2D eigenvalue weighted by atomic mass is 10.1. The summed E-state index contributed by atoms with van der Waals surface area (Å²) in [6.45, 7) is 1.68. The van der Waals surface area contributed by atoms with Crippen molar-refractivity contribution < 1.29 is 37.5 Å². The average molecular weight is 577 g/mol. The molecule has 0 unspecified atom stereocenters. The van der Waals surface area contributed by atoms with E-state index in [-0.39, 0.29) is 49.4 Å². The van der Waals surface area contributed by atoms with Crippen LogP contribution in [0, 0.1) is 0 Å². The number of carbonyl (C=O) groups is 3. The minimum atomic E-state index is -4.13. The normalized spacial score (nSPS) is 14.9. The Bertz CT molecular complexity index is 1330. The summed E-state index contributed by atoms with van der Waals surface area (Å²) < 4.78 is 37.9. The van der Waals surface area contributed by atoms with Crippen LogP contribution in [0.2, 0.25) is 0 Å². The third-order valence-corrected chi connectivity index (χ3v) is 7.52. The molecule has 2 amide bonds. The number of nitrogens with one attached hydrogen (secondary N) is 2. The van der Waals surface area contributed by atoms with Crippen LogP contribution in [0.4, 0.5) is 5.69 Å². The van der Waals surface area contributed by atoms with E-state index in [1.807, 2.05) is 4.90 Å². The molecule has 2 aromatic rings. The van der Waals surface area contributed by atoms with Crippen LogP contribution < -0.4 is 25.4 Å². The monoisotopic (exact) mass is 576 g/mol. The van der Waals surface area contributed by atoms with Gasteiger partial charge in [0, 0.05) is 30.9 Å². The summed E-state index contributed by atoms with van der Waals surface area (Å²) in [5, 5.41) is 14.2. The van der Waals surface area contributed by atoms with Crippen LogP contribution in [0.3, 0.4) is 0 Å². The molecule has 0 aliphatic carbocycles. The fourth-order valence-corrected chi connectivity index (χ4v) is 5.05. The SMILES string of the molecule is CCOC(=O)[C@H](CNC(=O)CN1CCN(c2ccc(C(N)=NO)cc2)CC1=O)NS(=O)(=O)c1ccc(OC)cc1. The molecule has 0 bridgehead atoms. The number of methoxy groups -OCH3 is 1. The van der Waals surface area contributed by atoms with Gasteiger partial charge in [0.05, 0.1) is 31.7 Å². The maximum atomic E-state index is 12.8. The van der Waals surface area contributed by atoms with Crippen molar-refractivity contribution in [3.63, 3.8) is 0 Å². The second kappa shape index (κ2) is 13.6. The molecule has 0 radical (unpaired) electrons. The number of amidine groups is 1. The number of sulfonamides is 1. The number of esters is 1. The van der Waals surface area contributed by atoms with Gasteiger partial charge in [-0.15, -0.1) is 0 Å². The van der Waals surface area contributed by atoms with E-state index >= 15 is 0 Å². The van der Waals surface area contributed by atoms with Gasteiger partial charge in [0.1, 0.15) is 11.8 Å². The lowest BCUT2D eigenvalue weighted by molar-refractivity contribution is -0.145. The van der Waals surface area contributed by atoms with Gasteiger partial charge in [-0.2, -0.15) is 4.72 Å². The summed E-state index contributed by atoms with van der Waals surface area (Å²) in [6, 6.07) is 11.0. The van der Waals surface area contributed by atoms with Crippen LogP contribution in [-0.2, 0) is 29.1 Å². The molecule has 3 rings (SSSR count). The second-order valence-corrected chi connectivity index (χ2v) is 10.4. The van der Waals surface area contributed by atoms with Gasteiger partial charge < -0.3 is 35.5 Å². The molecule has 1 aliphatic rings. The summed E-state index contributed by atoms with van der Waals surface area (Å²) in [7, 11) is -2.68. The number of nitrogens with zero attached hydrogens (tertiary/aromatic N) is 3. The molecule has 14 nitrogen and oxygen atoms in total. The van der Waals surface area contributed by atoms with E-state index in [0.29, 0.717) is 17.9 Å². The Hall–Kier alpha value is -4.37. The first-order chi connectivity index (χ1) is 19.1. The van der Waals surface area contributed by atoms with Crippen molar-refractivity contribution in [3.8, 4) is 5.75 Å². The van der Waals surface area contributed by atoms with Gasteiger partial charge in [0.25, 0.3) is 0 Å². The lowest BCUT2D eigenvalue weighted by Gasteiger charge is -2.35. The highest BCUT2D eigenvalue weighted by Gasteiger charge is 2.29. The molecule has 15 heteroatoms. The maximum Gasteiger partial charge on any atom is 0.326 e. The van der Waals surface area contributed by atoms with Crippen LogP contribution >= 0.6 is 0 Å². The zero-order valence-electron chi connectivity index (χ0n) is 22.1. The van der Waals surface area contributed by atoms with E-state index in [1.165, 1.54) is 36.3 Å². The zero-order chi connectivity index (χ0) is 29.3. The Balaban J connectivity index is 1.57. The number of anilines is 1. The van der Waals surface area contributed by atoms with E-state index in [2.05, 4.69) is 15.2 Å². The Kier molecular flexibility index (Phi) is 10.3. The fourth-order valence-electron chi connectivity index (χ4n) is 3.87. The van der Waals surface area contributed by atoms with Gasteiger partial charge in [0.2, 0.25) is 21.8 Å². The zero-order valence-corrected chi connectivity index (χ0v) is 22.9. The number of rotatable bonds is 12. The molecule has 1 atom stereocenters. The van der Waals surface area contributed by atoms with Crippen molar-refractivity contribution in [3.05, 3.63) is 54.1 Å². The van der Waals surface area contributed by atoms with Crippen LogP contribution in [-0.4, -0.2) is 94.6 Å². The van der Waals surface area contributed by atoms with Crippen molar-refractivity contribution in [1.82, 2.24) is 14.9 Å². The summed E-state index contributed by atoms with van der Waals surface area (Å²) in [5.74, 6) is -1.29. The molecule has 0 spiro atoms. The molecule has 40 heavy (non-hydrogen) atoms. The van der Waals surface area contributed by atoms with Gasteiger partial charge in [-0.25, -0.2) is 8.42 Å². The van der Waals surface area contributed by atoms with E-state index in [1.54, 1.807) is 31.2 Å². The number of amides is 2. The van der Waals surface area contributed by atoms with E-state index in [4.69, 9.17) is 20.4 Å².